The molecule has 0 aromatic heterocycles. The van der Waals surface area contributed by atoms with E-state index in [4.69, 9.17) is 4.74 Å². The summed E-state index contributed by atoms with van der Waals surface area (Å²) in [5.41, 5.74) is 1.45. The molecule has 244 valence electrons. The third-order valence-corrected chi connectivity index (χ3v) is 15.8. The number of hydrogen-bond donors (Lipinski definition) is 4. The van der Waals surface area contributed by atoms with E-state index in [0.29, 0.717) is 24.2 Å². The van der Waals surface area contributed by atoms with Crippen molar-refractivity contribution in [2.75, 3.05) is 0 Å². The van der Waals surface area contributed by atoms with Crippen molar-refractivity contribution in [2.24, 2.45) is 56.2 Å². The van der Waals surface area contributed by atoms with Crippen LogP contribution in [0.1, 0.15) is 126 Å². The fourth-order valence-corrected chi connectivity index (χ4v) is 12.7. The number of aliphatic hydroxyl groups is 3. The van der Waals surface area contributed by atoms with Gasteiger partial charge in [0.25, 0.3) is 0 Å². The molecule has 4 saturated carbocycles. The molecule has 6 nitrogen and oxygen atoms in total. The third kappa shape index (κ3) is 4.34. The number of hydrogen-bond acceptors (Lipinski definition) is 5. The molecule has 1 aliphatic heterocycles. The van der Waals surface area contributed by atoms with Crippen LogP contribution in [-0.4, -0.2) is 56.9 Å². The van der Waals surface area contributed by atoms with Gasteiger partial charge in [0.2, 0.25) is 0 Å². The maximum Gasteiger partial charge on any atom is 0.310 e. The van der Waals surface area contributed by atoms with Gasteiger partial charge in [-0.1, -0.05) is 60.1 Å². The summed E-state index contributed by atoms with van der Waals surface area (Å²) in [6.07, 6.45) is 9.16. The zero-order valence-corrected chi connectivity index (χ0v) is 28.2. The summed E-state index contributed by atoms with van der Waals surface area (Å²) in [7, 11) is 0. The monoisotopic (exact) mass is 600 g/mol. The van der Waals surface area contributed by atoms with Crippen molar-refractivity contribution in [1.82, 2.24) is 0 Å². The number of allylic oxidation sites excluding steroid dienone is 2. The Balaban J connectivity index is 1.30. The minimum Gasteiger partial charge on any atom is -0.481 e. The van der Waals surface area contributed by atoms with Gasteiger partial charge in [-0.05, 0) is 128 Å². The van der Waals surface area contributed by atoms with Crippen molar-refractivity contribution in [2.45, 2.75) is 157 Å². The van der Waals surface area contributed by atoms with Gasteiger partial charge in [0.05, 0.1) is 17.6 Å². The molecule has 6 aliphatic rings. The Morgan fingerprint density at radius 2 is 1.53 bits per heavy atom. The lowest BCUT2D eigenvalue weighted by Gasteiger charge is -2.71. The van der Waals surface area contributed by atoms with Crippen LogP contribution in [0.5, 0.6) is 0 Å². The molecular weight excluding hydrogens is 540 g/mol. The molecule has 0 radical (unpaired) electrons. The molecule has 0 spiro atoms. The standard InChI is InChI=1S/C37H60O6/c1-21-28(38)30(40)29(39)25(43-21)19-22-11-13-34(6)26(33(22,4)5)12-14-36(8)27(34)10-9-23-24-20-32(2,3)15-17-37(24,31(41)42)18-16-35(23,36)7/h9,21-22,24-30,38-40H,10-20H2,1-8H3,(H,41,42)/t21?,22-,24?,25+,26?,27?,28-,29-,30?,34+,35-,36-,37+/m1/s1. The number of aliphatic carboxylic acids is 1. The van der Waals surface area contributed by atoms with E-state index in [9.17, 15) is 25.2 Å². The molecule has 1 saturated heterocycles. The normalized spacial score (nSPS) is 53.8. The molecular formula is C37H60O6. The minimum atomic E-state index is -1.17. The molecule has 0 bridgehead atoms. The second kappa shape index (κ2) is 10.0. The number of aliphatic hydroxyl groups excluding tert-OH is 3. The van der Waals surface area contributed by atoms with Gasteiger partial charge in [-0.15, -0.1) is 0 Å². The largest absolute Gasteiger partial charge is 0.481 e. The molecule has 6 rings (SSSR count). The average Bonchev–Trinajstić information content (AvgIpc) is 2.91. The van der Waals surface area contributed by atoms with Gasteiger partial charge in [-0.25, -0.2) is 0 Å². The van der Waals surface area contributed by atoms with Gasteiger partial charge in [0, 0.05) is 0 Å². The molecule has 43 heavy (non-hydrogen) atoms. The summed E-state index contributed by atoms with van der Waals surface area (Å²) >= 11 is 0. The van der Waals surface area contributed by atoms with Crippen LogP contribution in [-0.2, 0) is 9.53 Å². The van der Waals surface area contributed by atoms with Crippen LogP contribution in [0.4, 0.5) is 0 Å². The van der Waals surface area contributed by atoms with Gasteiger partial charge in [-0.3, -0.25) is 4.79 Å². The van der Waals surface area contributed by atoms with Crippen molar-refractivity contribution in [1.29, 1.82) is 0 Å². The van der Waals surface area contributed by atoms with Gasteiger partial charge in [-0.2, -0.15) is 0 Å². The number of carboxylic acid groups (broad SMARTS) is 1. The Kier molecular flexibility index (Phi) is 7.46. The zero-order valence-electron chi connectivity index (χ0n) is 28.2. The van der Waals surface area contributed by atoms with E-state index >= 15 is 0 Å². The Hall–Kier alpha value is -0.950. The molecule has 5 fully saturated rings. The topological polar surface area (TPSA) is 107 Å². The number of fused-ring (bicyclic) bond motifs is 7. The Bertz CT molecular complexity index is 1160. The van der Waals surface area contributed by atoms with Gasteiger partial charge >= 0.3 is 5.97 Å². The van der Waals surface area contributed by atoms with Gasteiger partial charge in [0.1, 0.15) is 18.3 Å². The first-order valence-electron chi connectivity index (χ1n) is 17.5. The first-order chi connectivity index (χ1) is 19.8. The molecule has 0 aromatic carbocycles. The van der Waals surface area contributed by atoms with Crippen LogP contribution in [0.2, 0.25) is 0 Å². The van der Waals surface area contributed by atoms with Crippen molar-refractivity contribution in [3.05, 3.63) is 11.6 Å². The van der Waals surface area contributed by atoms with Gasteiger partial charge < -0.3 is 25.2 Å². The highest BCUT2D eigenvalue weighted by atomic mass is 16.5. The Morgan fingerprint density at radius 1 is 0.860 bits per heavy atom. The van der Waals surface area contributed by atoms with Crippen molar-refractivity contribution in [3.63, 3.8) is 0 Å². The maximum absolute atomic E-state index is 12.9. The molecule has 5 aliphatic carbocycles. The molecule has 0 aromatic rings. The third-order valence-electron chi connectivity index (χ3n) is 15.8. The molecule has 4 N–H and O–H groups in total. The predicted molar refractivity (Wildman–Crippen MR) is 167 cm³/mol. The first kappa shape index (κ1) is 32.0. The van der Waals surface area contributed by atoms with Crippen molar-refractivity contribution >= 4 is 5.97 Å². The second-order valence-electron chi connectivity index (χ2n) is 18.3. The highest BCUT2D eigenvalue weighted by Crippen LogP contribution is 2.76. The molecule has 6 heteroatoms. The summed E-state index contributed by atoms with van der Waals surface area (Å²) in [4.78, 5) is 12.9. The highest BCUT2D eigenvalue weighted by Gasteiger charge is 2.69. The minimum absolute atomic E-state index is 0.0229. The molecule has 1 heterocycles. The fraction of sp³-hybridized carbons (Fsp3) is 0.919. The van der Waals surface area contributed by atoms with E-state index in [1.807, 2.05) is 0 Å². The maximum atomic E-state index is 12.9. The average molecular weight is 601 g/mol. The van der Waals surface area contributed by atoms with E-state index in [0.717, 1.165) is 51.4 Å². The van der Waals surface area contributed by atoms with Crippen molar-refractivity contribution in [3.8, 4) is 0 Å². The summed E-state index contributed by atoms with van der Waals surface area (Å²) in [5.74, 6) is 1.03. The lowest BCUT2D eigenvalue weighted by atomic mass is 9.33. The smallest absolute Gasteiger partial charge is 0.310 e. The lowest BCUT2D eigenvalue weighted by molar-refractivity contribution is -0.232. The quantitative estimate of drug-likeness (QED) is 0.267. The number of ether oxygens (including phenoxy) is 1. The lowest BCUT2D eigenvalue weighted by Crippen LogP contribution is -2.65. The number of rotatable bonds is 3. The second-order valence-corrected chi connectivity index (χ2v) is 18.3. The van der Waals surface area contributed by atoms with Gasteiger partial charge in [0.15, 0.2) is 0 Å². The summed E-state index contributed by atoms with van der Waals surface area (Å²) in [6.45, 7) is 19.0. The van der Waals surface area contributed by atoms with E-state index in [-0.39, 0.29) is 33.0 Å². The number of carbonyl (C=O) groups is 1. The van der Waals surface area contributed by atoms with E-state index < -0.39 is 41.9 Å². The molecule has 5 unspecified atom stereocenters. The molecule has 0 amide bonds. The van der Waals surface area contributed by atoms with E-state index in [1.54, 1.807) is 6.92 Å². The van der Waals surface area contributed by atoms with E-state index in [2.05, 4.69) is 54.5 Å². The zero-order chi connectivity index (χ0) is 31.5. The summed E-state index contributed by atoms with van der Waals surface area (Å²) in [6, 6.07) is 0. The summed E-state index contributed by atoms with van der Waals surface area (Å²) in [5, 5.41) is 42.2. The van der Waals surface area contributed by atoms with Crippen LogP contribution in [0.25, 0.3) is 0 Å². The number of carboxylic acids is 1. The van der Waals surface area contributed by atoms with Crippen LogP contribution >= 0.6 is 0 Å². The Labute approximate surface area is 260 Å². The van der Waals surface area contributed by atoms with E-state index in [1.165, 1.54) is 18.4 Å². The van der Waals surface area contributed by atoms with Crippen LogP contribution in [0.15, 0.2) is 11.6 Å². The van der Waals surface area contributed by atoms with Crippen LogP contribution in [0, 0.1) is 56.2 Å². The SMILES string of the molecule is CC1O[C@@H](C[C@H]2CC[C@@]3(C)C(CC[C@]4(C)C3CC=C3C5CC(C)(C)CC[C@]5(C(=O)O)CC[C@]34C)C2(C)C)[C@@H](O)C(O)[C@@H]1O. The van der Waals surface area contributed by atoms with Crippen molar-refractivity contribution < 1.29 is 30.0 Å². The Morgan fingerprint density at radius 3 is 2.21 bits per heavy atom. The molecule has 13 atom stereocenters. The van der Waals surface area contributed by atoms with Crippen LogP contribution < -0.4 is 0 Å². The van der Waals surface area contributed by atoms with Crippen LogP contribution in [0.3, 0.4) is 0 Å². The fourth-order valence-electron chi connectivity index (χ4n) is 12.7. The first-order valence-corrected chi connectivity index (χ1v) is 17.5. The summed E-state index contributed by atoms with van der Waals surface area (Å²) < 4.78 is 6.09. The highest BCUT2D eigenvalue weighted by molar-refractivity contribution is 5.76. The predicted octanol–water partition coefficient (Wildman–Crippen LogP) is 6.75.